The first-order chi connectivity index (χ1) is 48.3. The Morgan fingerprint density at radius 3 is 1.09 bits per heavy atom. The second kappa shape index (κ2) is 59.8. The number of hydrogen-bond acceptors (Lipinski definition) is 18. The molecule has 0 bridgehead atoms. The molecule has 3 fully saturated rings. The van der Waals surface area contributed by atoms with Gasteiger partial charge in [0, 0.05) is 6.42 Å². The zero-order chi connectivity index (χ0) is 71.8. The molecule has 1 amide bonds. The smallest absolute Gasteiger partial charge is 0.220 e. The zero-order valence-electron chi connectivity index (χ0n) is 60.7. The molecule has 0 spiro atoms. The van der Waals surface area contributed by atoms with E-state index in [-0.39, 0.29) is 18.9 Å². The highest BCUT2D eigenvalue weighted by Crippen LogP contribution is 2.33. The van der Waals surface area contributed by atoms with Gasteiger partial charge in [-0.2, -0.15) is 0 Å². The van der Waals surface area contributed by atoms with Crippen LogP contribution in [0.2, 0.25) is 0 Å². The van der Waals surface area contributed by atoms with Crippen LogP contribution in [-0.2, 0) is 33.2 Å². The summed E-state index contributed by atoms with van der Waals surface area (Å²) in [6, 6.07) is -0.979. The van der Waals surface area contributed by atoms with Gasteiger partial charge in [-0.25, -0.2) is 0 Å². The van der Waals surface area contributed by atoms with Crippen LogP contribution in [0.3, 0.4) is 0 Å². The van der Waals surface area contributed by atoms with E-state index in [1.54, 1.807) is 6.08 Å². The van der Waals surface area contributed by atoms with Crippen molar-refractivity contribution in [3.63, 3.8) is 0 Å². The van der Waals surface area contributed by atoms with Crippen molar-refractivity contribution in [1.29, 1.82) is 0 Å². The fraction of sp³-hybridized carbons (Fsp3) is 0.762. The topological polar surface area (TPSA) is 307 Å². The van der Waals surface area contributed by atoms with Gasteiger partial charge in [-0.15, -0.1) is 0 Å². The fourth-order valence-corrected chi connectivity index (χ4v) is 12.4. The molecule has 570 valence electrons. The molecule has 12 N–H and O–H groups in total. The average molecular weight is 1400 g/mol. The molecule has 0 radical (unpaired) electrons. The minimum absolute atomic E-state index is 0.238. The quantitative estimate of drug-likeness (QED) is 0.0199. The Balaban J connectivity index is 1.33. The number of hydrogen-bond donors (Lipinski definition) is 12. The number of amides is 1. The summed E-state index contributed by atoms with van der Waals surface area (Å²) in [5, 5.41) is 121. The lowest BCUT2D eigenvalue weighted by Crippen LogP contribution is -2.66. The Morgan fingerprint density at radius 2 is 0.697 bits per heavy atom. The van der Waals surface area contributed by atoms with Crippen LogP contribution in [0, 0.1) is 0 Å². The number of carbonyl (C=O) groups is 1. The van der Waals surface area contributed by atoms with Crippen LogP contribution >= 0.6 is 0 Å². The van der Waals surface area contributed by atoms with Gasteiger partial charge in [0.05, 0.1) is 38.6 Å². The second-order valence-corrected chi connectivity index (χ2v) is 27.1. The normalized spacial score (nSPS) is 27.2. The molecular formula is C80H137NO18. The van der Waals surface area contributed by atoms with E-state index in [2.05, 4.69) is 116 Å². The van der Waals surface area contributed by atoms with Gasteiger partial charge >= 0.3 is 0 Å². The molecule has 0 aliphatic carbocycles. The highest BCUT2D eigenvalue weighted by molar-refractivity contribution is 5.76. The van der Waals surface area contributed by atoms with Crippen molar-refractivity contribution in [2.75, 3.05) is 26.4 Å². The maximum atomic E-state index is 13.4. The van der Waals surface area contributed by atoms with Crippen LogP contribution < -0.4 is 5.32 Å². The zero-order valence-corrected chi connectivity index (χ0v) is 60.7. The van der Waals surface area contributed by atoms with Gasteiger partial charge in [0.2, 0.25) is 5.91 Å². The summed E-state index contributed by atoms with van der Waals surface area (Å²) in [6.07, 6.45) is 55.0. The molecule has 3 aliphatic heterocycles. The Morgan fingerprint density at radius 1 is 0.374 bits per heavy atom. The summed E-state index contributed by atoms with van der Waals surface area (Å²) in [5.74, 6) is -0.279. The van der Waals surface area contributed by atoms with Crippen LogP contribution in [0.4, 0.5) is 0 Å². The van der Waals surface area contributed by atoms with Gasteiger partial charge in [0.15, 0.2) is 18.9 Å². The van der Waals surface area contributed by atoms with Crippen LogP contribution in [0.25, 0.3) is 0 Å². The van der Waals surface area contributed by atoms with E-state index in [4.69, 9.17) is 28.4 Å². The molecule has 0 aromatic carbocycles. The maximum absolute atomic E-state index is 13.4. The third-order valence-electron chi connectivity index (χ3n) is 18.6. The van der Waals surface area contributed by atoms with Crippen LogP contribution in [0.15, 0.2) is 109 Å². The van der Waals surface area contributed by atoms with Gasteiger partial charge in [0.1, 0.15) is 73.2 Å². The van der Waals surface area contributed by atoms with Crippen LogP contribution in [-0.4, -0.2) is 193 Å². The highest BCUT2D eigenvalue weighted by atomic mass is 16.8. The SMILES string of the molecule is CC/C=C\C/C=C\C/C=C\C/C=C\C/C=C\C/C=C\C/C=C\C/C=C\CCCCCCCCCCCCCCCCC(=O)NC(COC1OC(CO)C(OC2OC(CO)C(OC3OC(CO)C(O)C(O)C3O)C(O)C2O)C(O)C1O)C(O)/C=C/CCCCCCCCCCCCCCC. The number of ether oxygens (including phenoxy) is 6. The number of carbonyl (C=O) groups excluding carboxylic acids is 1. The lowest BCUT2D eigenvalue weighted by atomic mass is 9.96. The van der Waals surface area contributed by atoms with Crippen LogP contribution in [0.1, 0.15) is 258 Å². The predicted octanol–water partition coefficient (Wildman–Crippen LogP) is 12.2. The van der Waals surface area contributed by atoms with E-state index >= 15 is 0 Å². The number of aliphatic hydroxyl groups is 11. The first-order valence-electron chi connectivity index (χ1n) is 38.6. The number of aliphatic hydroxyl groups excluding tert-OH is 11. The van der Waals surface area contributed by atoms with Gasteiger partial charge in [-0.05, 0) is 83.5 Å². The predicted molar refractivity (Wildman–Crippen MR) is 392 cm³/mol. The van der Waals surface area contributed by atoms with Crippen molar-refractivity contribution >= 4 is 5.91 Å². The molecule has 99 heavy (non-hydrogen) atoms. The summed E-state index contributed by atoms with van der Waals surface area (Å²) < 4.78 is 34.4. The number of unbranched alkanes of at least 4 members (excludes halogenated alkanes) is 27. The van der Waals surface area contributed by atoms with E-state index < -0.39 is 124 Å². The maximum Gasteiger partial charge on any atom is 0.220 e. The Labute approximate surface area is 595 Å². The average Bonchev–Trinajstić information content (AvgIpc) is 0.784. The lowest BCUT2D eigenvalue weighted by molar-refractivity contribution is -0.379. The van der Waals surface area contributed by atoms with E-state index in [1.165, 1.54) is 128 Å². The van der Waals surface area contributed by atoms with Crippen molar-refractivity contribution in [1.82, 2.24) is 5.32 Å². The Hall–Kier alpha value is -3.55. The minimum atomic E-state index is -1.98. The molecule has 0 aromatic heterocycles. The molecule has 0 aromatic rings. The molecule has 3 heterocycles. The monoisotopic (exact) mass is 1400 g/mol. The Bertz CT molecular complexity index is 2220. The number of nitrogens with one attached hydrogen (secondary N) is 1. The fourth-order valence-electron chi connectivity index (χ4n) is 12.4. The van der Waals surface area contributed by atoms with E-state index in [1.807, 2.05) is 6.08 Å². The summed E-state index contributed by atoms with van der Waals surface area (Å²) in [7, 11) is 0. The Kier molecular flexibility index (Phi) is 54.2. The van der Waals surface area contributed by atoms with Crippen molar-refractivity contribution in [2.24, 2.45) is 0 Å². The first kappa shape index (κ1) is 89.7. The van der Waals surface area contributed by atoms with E-state index in [0.29, 0.717) is 6.42 Å². The van der Waals surface area contributed by atoms with E-state index in [0.717, 1.165) is 103 Å². The van der Waals surface area contributed by atoms with Crippen LogP contribution in [0.5, 0.6) is 0 Å². The minimum Gasteiger partial charge on any atom is -0.394 e. The van der Waals surface area contributed by atoms with Gasteiger partial charge in [-0.1, -0.05) is 277 Å². The molecule has 3 aliphatic rings. The van der Waals surface area contributed by atoms with Crippen molar-refractivity contribution in [2.45, 2.75) is 362 Å². The van der Waals surface area contributed by atoms with Crippen molar-refractivity contribution < 1.29 is 89.4 Å². The molecule has 17 atom stereocenters. The number of rotatable bonds is 59. The molecule has 17 unspecified atom stereocenters. The molecule has 19 heteroatoms. The summed E-state index contributed by atoms with van der Waals surface area (Å²) in [5.41, 5.74) is 0. The molecule has 3 rings (SSSR count). The number of allylic oxidation sites excluding steroid dienone is 17. The summed E-state index contributed by atoms with van der Waals surface area (Å²) in [4.78, 5) is 13.4. The van der Waals surface area contributed by atoms with Gasteiger partial charge in [0.25, 0.3) is 0 Å². The summed E-state index contributed by atoms with van der Waals surface area (Å²) >= 11 is 0. The second-order valence-electron chi connectivity index (χ2n) is 27.1. The third-order valence-corrected chi connectivity index (χ3v) is 18.6. The standard InChI is InChI=1S/C80H137NO18/c1-3-5-7-9-11-13-15-17-19-20-21-22-23-24-25-26-27-28-29-30-31-32-33-34-35-36-37-38-39-40-41-42-44-46-48-50-52-54-56-58-68(86)81-63(64(85)57-55-53-51-49-47-45-43-18-16-14-12-10-8-6-4-2)62-94-78-74(92)71(89)76(66(60-83)96-78)99-80-75(93)72(90)77(67(61-84)97-80)98-79-73(91)70(88)69(87)65(59-82)95-79/h5,7,11,13,17,19,21-22,24-25,27-28,30-31,33-34,55,57,63-67,69-80,82-85,87-93H,3-4,6,8-10,12,14-16,18,20,23,26,29,32,35-54,56,58-62H2,1-2H3,(H,81,86)/b7-5-,13-11-,19-17-,22-21-,25-24-,28-27-,31-30-,34-33-,57-55+. The van der Waals surface area contributed by atoms with Gasteiger partial charge < -0.3 is 89.9 Å². The highest BCUT2D eigenvalue weighted by Gasteiger charge is 2.53. The molecule has 19 nitrogen and oxygen atoms in total. The van der Waals surface area contributed by atoms with E-state index in [9.17, 15) is 61.0 Å². The first-order valence-corrected chi connectivity index (χ1v) is 38.6. The van der Waals surface area contributed by atoms with Crippen molar-refractivity contribution in [3.05, 3.63) is 109 Å². The molecular weight excluding hydrogens is 1260 g/mol. The largest absolute Gasteiger partial charge is 0.394 e. The van der Waals surface area contributed by atoms with Gasteiger partial charge in [-0.3, -0.25) is 4.79 Å². The lowest BCUT2D eigenvalue weighted by Gasteiger charge is -2.48. The van der Waals surface area contributed by atoms with Crippen molar-refractivity contribution in [3.8, 4) is 0 Å². The third kappa shape index (κ3) is 40.3. The molecule has 0 saturated carbocycles. The summed E-state index contributed by atoms with van der Waals surface area (Å²) in [6.45, 7) is 1.62. The molecule has 3 saturated heterocycles.